The summed E-state index contributed by atoms with van der Waals surface area (Å²) in [6.07, 6.45) is 2.19. The van der Waals surface area contributed by atoms with Gasteiger partial charge in [-0.15, -0.1) is 0 Å². The van der Waals surface area contributed by atoms with Crippen LogP contribution in [-0.4, -0.2) is 24.7 Å². The van der Waals surface area contributed by atoms with Gasteiger partial charge in [0.1, 0.15) is 5.75 Å². The van der Waals surface area contributed by atoms with E-state index in [1.807, 2.05) is 17.8 Å². The van der Waals surface area contributed by atoms with Crippen LogP contribution in [0.2, 0.25) is 0 Å². The average molecular weight is 251 g/mol. The van der Waals surface area contributed by atoms with E-state index in [1.165, 1.54) is 29.1 Å². The van der Waals surface area contributed by atoms with E-state index in [9.17, 15) is 0 Å². The van der Waals surface area contributed by atoms with Crippen molar-refractivity contribution in [2.24, 2.45) is 11.7 Å². The summed E-state index contributed by atoms with van der Waals surface area (Å²) < 4.78 is 5.40. The molecule has 1 heterocycles. The standard InChI is InChI=1S/C14H21NOS/c1-10-3-4-14(16-2)12(7-10)8-13(15)11-5-6-17-9-11/h3-4,7,11,13H,5-6,8-9,15H2,1-2H3. The number of ether oxygens (including phenoxy) is 1. The van der Waals surface area contributed by atoms with Gasteiger partial charge in [0.25, 0.3) is 0 Å². The summed E-state index contributed by atoms with van der Waals surface area (Å²) in [5.41, 5.74) is 8.83. The maximum atomic E-state index is 6.32. The Balaban J connectivity index is 2.08. The number of nitrogens with two attached hydrogens (primary N) is 1. The number of thioether (sulfide) groups is 1. The van der Waals surface area contributed by atoms with E-state index in [0.717, 1.165) is 12.2 Å². The van der Waals surface area contributed by atoms with Gasteiger partial charge in [0.2, 0.25) is 0 Å². The van der Waals surface area contributed by atoms with Crippen LogP contribution in [0.3, 0.4) is 0 Å². The van der Waals surface area contributed by atoms with Crippen LogP contribution in [0.25, 0.3) is 0 Å². The second kappa shape index (κ2) is 5.78. The van der Waals surface area contributed by atoms with Crippen LogP contribution in [0.5, 0.6) is 5.75 Å². The molecule has 2 N–H and O–H groups in total. The molecule has 0 bridgehead atoms. The van der Waals surface area contributed by atoms with Crippen molar-refractivity contribution in [1.82, 2.24) is 0 Å². The molecule has 17 heavy (non-hydrogen) atoms. The topological polar surface area (TPSA) is 35.2 Å². The summed E-state index contributed by atoms with van der Waals surface area (Å²) in [5, 5.41) is 0. The Labute approximate surface area is 108 Å². The molecule has 2 atom stereocenters. The maximum absolute atomic E-state index is 6.32. The molecule has 2 rings (SSSR count). The van der Waals surface area contributed by atoms with Crippen molar-refractivity contribution in [2.45, 2.75) is 25.8 Å². The number of benzene rings is 1. The first-order valence-electron chi connectivity index (χ1n) is 6.17. The van der Waals surface area contributed by atoms with E-state index in [2.05, 4.69) is 19.1 Å². The van der Waals surface area contributed by atoms with Crippen molar-refractivity contribution < 1.29 is 4.74 Å². The summed E-state index contributed by atoms with van der Waals surface area (Å²) in [6.45, 7) is 2.11. The van der Waals surface area contributed by atoms with Gasteiger partial charge >= 0.3 is 0 Å². The second-order valence-corrected chi connectivity index (χ2v) is 5.96. The van der Waals surface area contributed by atoms with Crippen LogP contribution in [0.15, 0.2) is 18.2 Å². The van der Waals surface area contributed by atoms with Gasteiger partial charge in [-0.2, -0.15) is 11.8 Å². The molecule has 1 aromatic carbocycles. The molecule has 1 saturated heterocycles. The van der Waals surface area contributed by atoms with E-state index >= 15 is 0 Å². The number of aryl methyl sites for hydroxylation is 1. The van der Waals surface area contributed by atoms with Gasteiger partial charge in [-0.25, -0.2) is 0 Å². The molecule has 1 aromatic rings. The highest BCUT2D eigenvalue weighted by molar-refractivity contribution is 7.99. The van der Waals surface area contributed by atoms with Crippen LogP contribution in [0.4, 0.5) is 0 Å². The number of hydrogen-bond donors (Lipinski definition) is 1. The van der Waals surface area contributed by atoms with Gasteiger partial charge in [0, 0.05) is 6.04 Å². The lowest BCUT2D eigenvalue weighted by molar-refractivity contribution is 0.400. The van der Waals surface area contributed by atoms with Crippen LogP contribution >= 0.6 is 11.8 Å². The van der Waals surface area contributed by atoms with Crippen molar-refractivity contribution in [1.29, 1.82) is 0 Å². The molecular weight excluding hydrogens is 230 g/mol. The highest BCUT2D eigenvalue weighted by Gasteiger charge is 2.23. The van der Waals surface area contributed by atoms with Crippen LogP contribution < -0.4 is 10.5 Å². The Morgan fingerprint density at radius 1 is 1.53 bits per heavy atom. The molecule has 0 radical (unpaired) electrons. The van der Waals surface area contributed by atoms with Gasteiger partial charge in [-0.05, 0) is 48.8 Å². The average Bonchev–Trinajstić information content (AvgIpc) is 2.83. The minimum Gasteiger partial charge on any atom is -0.496 e. The third-order valence-electron chi connectivity index (χ3n) is 3.46. The van der Waals surface area contributed by atoms with Gasteiger partial charge in [-0.1, -0.05) is 17.7 Å². The molecule has 2 nitrogen and oxygen atoms in total. The summed E-state index contributed by atoms with van der Waals surface area (Å²) >= 11 is 2.02. The second-order valence-electron chi connectivity index (χ2n) is 4.81. The SMILES string of the molecule is COc1ccc(C)cc1CC(N)C1CCSC1. The molecule has 0 aliphatic carbocycles. The van der Waals surface area contributed by atoms with E-state index in [1.54, 1.807) is 7.11 Å². The summed E-state index contributed by atoms with van der Waals surface area (Å²) in [4.78, 5) is 0. The minimum atomic E-state index is 0.265. The monoisotopic (exact) mass is 251 g/mol. The highest BCUT2D eigenvalue weighted by Crippen LogP contribution is 2.29. The normalized spacial score (nSPS) is 21.5. The number of methoxy groups -OCH3 is 1. The zero-order chi connectivity index (χ0) is 12.3. The van der Waals surface area contributed by atoms with Crippen molar-refractivity contribution in [2.75, 3.05) is 18.6 Å². The summed E-state index contributed by atoms with van der Waals surface area (Å²) in [5.74, 6) is 4.13. The Morgan fingerprint density at radius 3 is 3.00 bits per heavy atom. The molecule has 1 aliphatic heterocycles. The van der Waals surface area contributed by atoms with Gasteiger partial charge < -0.3 is 10.5 Å². The van der Waals surface area contributed by atoms with Crippen LogP contribution in [0.1, 0.15) is 17.5 Å². The molecule has 2 unspecified atom stereocenters. The van der Waals surface area contributed by atoms with E-state index < -0.39 is 0 Å². The Morgan fingerprint density at radius 2 is 2.35 bits per heavy atom. The predicted molar refractivity (Wildman–Crippen MR) is 74.8 cm³/mol. The third kappa shape index (κ3) is 3.17. The van der Waals surface area contributed by atoms with E-state index in [0.29, 0.717) is 5.92 Å². The number of hydrogen-bond acceptors (Lipinski definition) is 3. The van der Waals surface area contributed by atoms with Crippen molar-refractivity contribution >= 4 is 11.8 Å². The van der Waals surface area contributed by atoms with Gasteiger partial charge in [0.15, 0.2) is 0 Å². The first-order chi connectivity index (χ1) is 8.20. The molecular formula is C14H21NOS. The van der Waals surface area contributed by atoms with Crippen molar-refractivity contribution in [3.8, 4) is 5.75 Å². The van der Waals surface area contributed by atoms with E-state index in [-0.39, 0.29) is 6.04 Å². The fourth-order valence-corrected chi connectivity index (χ4v) is 3.73. The molecule has 3 heteroatoms. The van der Waals surface area contributed by atoms with Crippen LogP contribution in [0, 0.1) is 12.8 Å². The Kier molecular flexibility index (Phi) is 4.35. The number of rotatable bonds is 4. The summed E-state index contributed by atoms with van der Waals surface area (Å²) in [7, 11) is 1.73. The molecule has 0 aromatic heterocycles. The fourth-order valence-electron chi connectivity index (χ4n) is 2.38. The van der Waals surface area contributed by atoms with Gasteiger partial charge in [0.05, 0.1) is 7.11 Å². The molecule has 1 aliphatic rings. The Hall–Kier alpha value is -0.670. The first kappa shape index (κ1) is 12.8. The molecule has 0 saturated carbocycles. The van der Waals surface area contributed by atoms with Gasteiger partial charge in [-0.3, -0.25) is 0 Å². The lowest BCUT2D eigenvalue weighted by Gasteiger charge is -2.19. The zero-order valence-corrected chi connectivity index (χ0v) is 11.4. The largest absolute Gasteiger partial charge is 0.496 e. The Bertz CT molecular complexity index is 374. The predicted octanol–water partition coefficient (Wildman–Crippen LogP) is 2.63. The van der Waals surface area contributed by atoms with E-state index in [4.69, 9.17) is 10.5 Å². The molecule has 1 fully saturated rings. The molecule has 0 amide bonds. The maximum Gasteiger partial charge on any atom is 0.122 e. The van der Waals surface area contributed by atoms with Crippen molar-refractivity contribution in [3.05, 3.63) is 29.3 Å². The zero-order valence-electron chi connectivity index (χ0n) is 10.6. The lowest BCUT2D eigenvalue weighted by atomic mass is 9.93. The molecule has 0 spiro atoms. The first-order valence-corrected chi connectivity index (χ1v) is 7.33. The smallest absolute Gasteiger partial charge is 0.122 e. The minimum absolute atomic E-state index is 0.265. The quantitative estimate of drug-likeness (QED) is 0.893. The third-order valence-corrected chi connectivity index (χ3v) is 4.65. The summed E-state index contributed by atoms with van der Waals surface area (Å²) in [6, 6.07) is 6.58. The highest BCUT2D eigenvalue weighted by atomic mass is 32.2. The molecule has 94 valence electrons. The van der Waals surface area contributed by atoms with Crippen molar-refractivity contribution in [3.63, 3.8) is 0 Å². The lowest BCUT2D eigenvalue weighted by Crippen LogP contribution is -2.32. The fraction of sp³-hybridized carbons (Fsp3) is 0.571. The van der Waals surface area contributed by atoms with Crippen LogP contribution in [-0.2, 0) is 6.42 Å².